The maximum Gasteiger partial charge on any atom is 0.330 e. The lowest BCUT2D eigenvalue weighted by Gasteiger charge is -2.14. The van der Waals surface area contributed by atoms with Crippen LogP contribution in [0.2, 0.25) is 0 Å². The number of H-pyrrole nitrogens is 1. The van der Waals surface area contributed by atoms with E-state index < -0.39 is 0 Å². The highest BCUT2D eigenvalue weighted by atomic mass is 16.5. The normalized spacial score (nSPS) is 16.0. The Morgan fingerprint density at radius 2 is 2.18 bits per heavy atom. The minimum absolute atomic E-state index is 0.326. The molecule has 4 heteroatoms. The zero-order chi connectivity index (χ0) is 19.5. The zero-order valence-corrected chi connectivity index (χ0v) is 16.4. The number of fused-ring (bicyclic) bond motifs is 2. The van der Waals surface area contributed by atoms with E-state index in [9.17, 15) is 4.79 Å². The molecule has 1 heterocycles. The van der Waals surface area contributed by atoms with Crippen LogP contribution in [0.1, 0.15) is 40.3 Å². The third-order valence-electron chi connectivity index (χ3n) is 5.57. The number of hydrogen-bond donors (Lipinski definition) is 2. The van der Waals surface area contributed by atoms with Crippen LogP contribution in [0.3, 0.4) is 0 Å². The van der Waals surface area contributed by atoms with Crippen LogP contribution >= 0.6 is 0 Å². The summed E-state index contributed by atoms with van der Waals surface area (Å²) in [4.78, 5) is 14.6. The van der Waals surface area contributed by atoms with E-state index in [0.29, 0.717) is 6.04 Å². The minimum Gasteiger partial charge on any atom is -0.466 e. The molecule has 144 valence electrons. The van der Waals surface area contributed by atoms with Crippen molar-refractivity contribution in [2.75, 3.05) is 13.7 Å². The lowest BCUT2D eigenvalue weighted by Crippen LogP contribution is -2.21. The molecule has 1 aliphatic rings. The molecule has 4 nitrogen and oxygen atoms in total. The Bertz CT molecular complexity index is 1030. The van der Waals surface area contributed by atoms with Crippen molar-refractivity contribution in [2.45, 2.75) is 32.2 Å². The average molecular weight is 374 g/mol. The van der Waals surface area contributed by atoms with Gasteiger partial charge in [0.2, 0.25) is 0 Å². The molecule has 0 amide bonds. The number of nitrogens with one attached hydrogen (secondary N) is 2. The van der Waals surface area contributed by atoms with E-state index in [2.05, 4.69) is 64.6 Å². The molecule has 1 atom stereocenters. The van der Waals surface area contributed by atoms with E-state index in [1.807, 2.05) is 6.08 Å². The zero-order valence-electron chi connectivity index (χ0n) is 16.4. The Morgan fingerprint density at radius 1 is 1.29 bits per heavy atom. The molecule has 0 radical (unpaired) electrons. The van der Waals surface area contributed by atoms with Crippen molar-refractivity contribution in [3.63, 3.8) is 0 Å². The van der Waals surface area contributed by atoms with Gasteiger partial charge in [0.05, 0.1) is 7.11 Å². The van der Waals surface area contributed by atoms with Crippen molar-refractivity contribution in [1.29, 1.82) is 0 Å². The molecule has 3 aromatic rings. The number of rotatable bonds is 6. The van der Waals surface area contributed by atoms with Crippen molar-refractivity contribution in [2.24, 2.45) is 0 Å². The SMILES string of the molecule is COC(=O)C=Cc1ccc2c(c1)CCC2NCCc1c[nH]c2cc(C)ccc12. The molecule has 1 aliphatic carbocycles. The highest BCUT2D eigenvalue weighted by Gasteiger charge is 2.21. The van der Waals surface area contributed by atoms with Gasteiger partial charge in [0, 0.05) is 29.2 Å². The molecule has 0 saturated heterocycles. The van der Waals surface area contributed by atoms with Crippen LogP contribution in [0, 0.1) is 6.92 Å². The molecular formula is C24H26N2O2. The van der Waals surface area contributed by atoms with Gasteiger partial charge >= 0.3 is 5.97 Å². The van der Waals surface area contributed by atoms with Crippen molar-refractivity contribution in [3.8, 4) is 0 Å². The summed E-state index contributed by atoms with van der Waals surface area (Å²) >= 11 is 0. The number of benzene rings is 2. The number of methoxy groups -OCH3 is 1. The van der Waals surface area contributed by atoms with E-state index in [-0.39, 0.29) is 5.97 Å². The quantitative estimate of drug-likeness (QED) is 0.494. The summed E-state index contributed by atoms with van der Waals surface area (Å²) in [6, 6.07) is 13.4. The number of ether oxygens (including phenoxy) is 1. The molecule has 0 saturated carbocycles. The van der Waals surface area contributed by atoms with E-state index in [4.69, 9.17) is 0 Å². The third-order valence-corrected chi connectivity index (χ3v) is 5.57. The van der Waals surface area contributed by atoms with Crippen LogP contribution < -0.4 is 5.32 Å². The van der Waals surface area contributed by atoms with Crippen molar-refractivity contribution in [1.82, 2.24) is 10.3 Å². The second-order valence-electron chi connectivity index (χ2n) is 7.47. The fraction of sp³-hybridized carbons (Fsp3) is 0.292. The number of esters is 1. The monoisotopic (exact) mass is 374 g/mol. The largest absolute Gasteiger partial charge is 0.466 e. The lowest BCUT2D eigenvalue weighted by atomic mass is 10.0. The van der Waals surface area contributed by atoms with Crippen molar-refractivity contribution >= 4 is 22.9 Å². The maximum atomic E-state index is 11.3. The standard InChI is InChI=1S/C24H26N2O2/c1-16-3-7-21-19(15-26-23(21)13-16)11-12-25-22-9-6-18-14-17(4-8-20(18)22)5-10-24(27)28-2/h3-5,7-8,10,13-15,22,25-26H,6,9,11-12H2,1-2H3. The Labute approximate surface area is 165 Å². The molecule has 4 rings (SSSR count). The van der Waals surface area contributed by atoms with Crippen LogP contribution in [0.25, 0.3) is 17.0 Å². The van der Waals surface area contributed by atoms with Crippen LogP contribution in [-0.4, -0.2) is 24.6 Å². The van der Waals surface area contributed by atoms with E-state index in [0.717, 1.165) is 31.4 Å². The highest BCUT2D eigenvalue weighted by Crippen LogP contribution is 2.32. The maximum absolute atomic E-state index is 11.3. The van der Waals surface area contributed by atoms with E-state index in [1.165, 1.54) is 46.3 Å². The van der Waals surface area contributed by atoms with Crippen LogP contribution in [0.15, 0.2) is 48.7 Å². The second kappa shape index (κ2) is 8.03. The molecule has 1 unspecified atom stereocenters. The van der Waals surface area contributed by atoms with Gasteiger partial charge in [-0.05, 0) is 72.7 Å². The molecule has 28 heavy (non-hydrogen) atoms. The summed E-state index contributed by atoms with van der Waals surface area (Å²) < 4.78 is 4.65. The van der Waals surface area contributed by atoms with Gasteiger partial charge in [-0.1, -0.05) is 30.3 Å². The molecule has 1 aromatic heterocycles. The van der Waals surface area contributed by atoms with Crippen molar-refractivity contribution < 1.29 is 9.53 Å². The molecule has 0 bridgehead atoms. The van der Waals surface area contributed by atoms with E-state index in [1.54, 1.807) is 0 Å². The first kappa shape index (κ1) is 18.5. The van der Waals surface area contributed by atoms with Crippen molar-refractivity contribution in [3.05, 3.63) is 76.5 Å². The van der Waals surface area contributed by atoms with Gasteiger partial charge in [0.25, 0.3) is 0 Å². The minimum atomic E-state index is -0.326. The first-order valence-electron chi connectivity index (χ1n) is 9.83. The first-order chi connectivity index (χ1) is 13.6. The highest BCUT2D eigenvalue weighted by molar-refractivity contribution is 5.87. The Kier molecular flexibility index (Phi) is 5.31. The predicted molar refractivity (Wildman–Crippen MR) is 113 cm³/mol. The molecule has 2 aromatic carbocycles. The van der Waals surface area contributed by atoms with Crippen LogP contribution in [0.5, 0.6) is 0 Å². The Hall–Kier alpha value is -2.85. The number of carbonyl (C=O) groups excluding carboxylic acids is 1. The summed E-state index contributed by atoms with van der Waals surface area (Å²) in [5.41, 5.74) is 7.65. The van der Waals surface area contributed by atoms with Gasteiger partial charge < -0.3 is 15.0 Å². The molecule has 0 spiro atoms. The van der Waals surface area contributed by atoms with Crippen LogP contribution in [0.4, 0.5) is 0 Å². The van der Waals surface area contributed by atoms with Gasteiger partial charge in [-0.3, -0.25) is 0 Å². The van der Waals surface area contributed by atoms with Gasteiger partial charge in [-0.2, -0.15) is 0 Å². The average Bonchev–Trinajstić information content (AvgIpc) is 3.29. The Balaban J connectivity index is 1.38. The topological polar surface area (TPSA) is 54.1 Å². The lowest BCUT2D eigenvalue weighted by molar-refractivity contribution is -0.134. The number of hydrogen-bond acceptors (Lipinski definition) is 3. The fourth-order valence-electron chi connectivity index (χ4n) is 4.07. The van der Waals surface area contributed by atoms with E-state index >= 15 is 0 Å². The summed E-state index contributed by atoms with van der Waals surface area (Å²) in [6.07, 6.45) is 8.61. The summed E-state index contributed by atoms with van der Waals surface area (Å²) in [5.74, 6) is -0.326. The number of carbonyl (C=O) groups is 1. The number of aromatic nitrogens is 1. The smallest absolute Gasteiger partial charge is 0.330 e. The first-order valence-corrected chi connectivity index (χ1v) is 9.83. The molecule has 0 fully saturated rings. The van der Waals surface area contributed by atoms with Gasteiger partial charge in [-0.25, -0.2) is 4.79 Å². The summed E-state index contributed by atoms with van der Waals surface area (Å²) in [7, 11) is 1.39. The van der Waals surface area contributed by atoms with Gasteiger partial charge in [0.15, 0.2) is 0 Å². The third kappa shape index (κ3) is 3.87. The second-order valence-corrected chi connectivity index (χ2v) is 7.47. The molecule has 0 aliphatic heterocycles. The molecule has 2 N–H and O–H groups in total. The Morgan fingerprint density at radius 3 is 3.04 bits per heavy atom. The number of aromatic amines is 1. The summed E-state index contributed by atoms with van der Waals surface area (Å²) in [5, 5.41) is 5.05. The summed E-state index contributed by atoms with van der Waals surface area (Å²) in [6.45, 7) is 3.07. The fourth-order valence-corrected chi connectivity index (χ4v) is 4.07. The van der Waals surface area contributed by atoms with Gasteiger partial charge in [0.1, 0.15) is 0 Å². The molecular weight excluding hydrogens is 348 g/mol. The predicted octanol–water partition coefficient (Wildman–Crippen LogP) is 4.48. The number of aryl methyl sites for hydroxylation is 2. The van der Waals surface area contributed by atoms with Crippen LogP contribution in [-0.2, 0) is 22.4 Å². The van der Waals surface area contributed by atoms with Gasteiger partial charge in [-0.15, -0.1) is 0 Å².